The molecule has 0 aliphatic carbocycles. The van der Waals surface area contributed by atoms with E-state index < -0.39 is 10.0 Å². The summed E-state index contributed by atoms with van der Waals surface area (Å²) in [5, 5.41) is 9.98. The second-order valence-electron chi connectivity index (χ2n) is 3.90. The Hall–Kier alpha value is -1.15. The molecule has 0 amide bonds. The number of hydrogen-bond donors (Lipinski definition) is 2. The van der Waals surface area contributed by atoms with E-state index in [2.05, 4.69) is 18.3 Å². The van der Waals surface area contributed by atoms with E-state index in [0.29, 0.717) is 12.3 Å². The summed E-state index contributed by atoms with van der Waals surface area (Å²) in [4.78, 5) is 1.26. The van der Waals surface area contributed by atoms with E-state index in [1.165, 1.54) is 16.5 Å². The fraction of sp³-hybridized carbons (Fsp3) is 0.273. The number of aryl methyl sites for hydroxylation is 1. The minimum atomic E-state index is -3.75. The molecule has 98 valence electrons. The molecule has 0 saturated carbocycles. The summed E-state index contributed by atoms with van der Waals surface area (Å²) in [7, 11) is -3.75. The van der Waals surface area contributed by atoms with Gasteiger partial charge in [-0.3, -0.25) is 0 Å². The molecular weight excluding hydrogens is 272 g/mol. The van der Waals surface area contributed by atoms with Crippen LogP contribution in [0.3, 0.4) is 0 Å². The van der Waals surface area contributed by atoms with Gasteiger partial charge in [0.2, 0.25) is 5.09 Å². The lowest BCUT2D eigenvalue weighted by atomic mass is 10.3. The average Bonchev–Trinajstić information content (AvgIpc) is 2.88. The zero-order valence-corrected chi connectivity index (χ0v) is 11.5. The minimum Gasteiger partial charge on any atom is -0.447 e. The molecule has 3 N–H and O–H groups in total. The minimum absolute atomic E-state index is 0.202. The van der Waals surface area contributed by atoms with E-state index in [1.807, 2.05) is 5.38 Å². The van der Waals surface area contributed by atoms with E-state index in [-0.39, 0.29) is 5.09 Å². The van der Waals surface area contributed by atoms with E-state index in [9.17, 15) is 8.42 Å². The number of sulfonamides is 1. The van der Waals surface area contributed by atoms with Crippen LogP contribution in [0.25, 0.3) is 0 Å². The maximum absolute atomic E-state index is 11.0. The van der Waals surface area contributed by atoms with Crippen LogP contribution in [0.5, 0.6) is 0 Å². The second kappa shape index (κ2) is 5.23. The summed E-state index contributed by atoms with van der Waals surface area (Å²) in [5.41, 5.74) is 1.25. The number of hydrogen-bond acceptors (Lipinski definition) is 5. The molecule has 0 aromatic carbocycles. The van der Waals surface area contributed by atoms with Crippen molar-refractivity contribution in [1.82, 2.24) is 5.32 Å². The summed E-state index contributed by atoms with van der Waals surface area (Å²) in [6.07, 6.45) is 0. The number of rotatable bonds is 5. The van der Waals surface area contributed by atoms with Crippen LogP contribution in [0.1, 0.15) is 16.2 Å². The number of primary sulfonamides is 1. The first-order valence-corrected chi connectivity index (χ1v) is 7.74. The third-order valence-electron chi connectivity index (χ3n) is 2.47. The lowest BCUT2D eigenvalue weighted by molar-refractivity contribution is 0.402. The summed E-state index contributed by atoms with van der Waals surface area (Å²) in [6.45, 7) is 3.25. The fourth-order valence-electron chi connectivity index (χ4n) is 1.49. The fourth-order valence-corrected chi connectivity index (χ4v) is 2.85. The largest absolute Gasteiger partial charge is 0.447 e. The van der Waals surface area contributed by atoms with Crippen LogP contribution in [-0.4, -0.2) is 8.42 Å². The van der Waals surface area contributed by atoms with Crippen LogP contribution in [0.2, 0.25) is 0 Å². The standard InChI is InChI=1S/C11H14N2O3S2/c1-8-4-5-17-10(8)7-13-6-9-2-3-11(16-9)18(12,14)15/h2-5,13H,6-7H2,1H3,(H2,12,14,15). The zero-order chi connectivity index (χ0) is 13.2. The molecule has 2 aromatic rings. The maximum Gasteiger partial charge on any atom is 0.271 e. The first-order valence-electron chi connectivity index (χ1n) is 5.32. The van der Waals surface area contributed by atoms with E-state index in [4.69, 9.17) is 9.56 Å². The van der Waals surface area contributed by atoms with Crippen LogP contribution in [0.15, 0.2) is 33.1 Å². The molecule has 0 radical (unpaired) electrons. The Balaban J connectivity index is 1.92. The summed E-state index contributed by atoms with van der Waals surface area (Å²) in [6, 6.07) is 5.03. The van der Waals surface area contributed by atoms with Crippen molar-refractivity contribution in [3.8, 4) is 0 Å². The van der Waals surface area contributed by atoms with Gasteiger partial charge in [-0.1, -0.05) is 0 Å². The van der Waals surface area contributed by atoms with Crippen LogP contribution < -0.4 is 10.5 Å². The van der Waals surface area contributed by atoms with Gasteiger partial charge in [-0.15, -0.1) is 11.3 Å². The molecule has 2 heterocycles. The van der Waals surface area contributed by atoms with Gasteiger partial charge in [0.15, 0.2) is 0 Å². The molecule has 0 saturated heterocycles. The number of nitrogens with two attached hydrogens (primary N) is 1. The molecule has 0 unspecified atom stereocenters. The summed E-state index contributed by atoms with van der Waals surface area (Å²) >= 11 is 1.69. The summed E-state index contributed by atoms with van der Waals surface area (Å²) < 4.78 is 27.2. The molecule has 18 heavy (non-hydrogen) atoms. The highest BCUT2D eigenvalue weighted by molar-refractivity contribution is 7.89. The average molecular weight is 286 g/mol. The molecular formula is C11H14N2O3S2. The van der Waals surface area contributed by atoms with Crippen molar-refractivity contribution >= 4 is 21.4 Å². The third-order valence-corrected chi connectivity index (χ3v) is 4.27. The molecule has 0 aliphatic heterocycles. The van der Waals surface area contributed by atoms with Gasteiger partial charge in [-0.25, -0.2) is 13.6 Å². The summed E-state index contributed by atoms with van der Waals surface area (Å²) in [5.74, 6) is 0.549. The van der Waals surface area contributed by atoms with Crippen LogP contribution in [0.4, 0.5) is 0 Å². The van der Waals surface area contributed by atoms with E-state index in [0.717, 1.165) is 6.54 Å². The van der Waals surface area contributed by atoms with Gasteiger partial charge < -0.3 is 9.73 Å². The topological polar surface area (TPSA) is 85.3 Å². The lowest BCUT2D eigenvalue weighted by Gasteiger charge is -2.01. The van der Waals surface area contributed by atoms with Gasteiger partial charge in [0.25, 0.3) is 10.0 Å². The first kappa shape index (κ1) is 13.3. The van der Waals surface area contributed by atoms with Crippen molar-refractivity contribution in [3.05, 3.63) is 39.8 Å². The van der Waals surface area contributed by atoms with Crippen LogP contribution in [0, 0.1) is 6.92 Å². The van der Waals surface area contributed by atoms with Crippen molar-refractivity contribution in [2.75, 3.05) is 0 Å². The predicted octanol–water partition coefficient (Wildman–Crippen LogP) is 1.59. The highest BCUT2D eigenvalue weighted by Gasteiger charge is 2.12. The normalized spacial score (nSPS) is 11.9. The molecule has 5 nitrogen and oxygen atoms in total. The molecule has 0 bridgehead atoms. The number of furan rings is 1. The Kier molecular flexibility index (Phi) is 3.86. The SMILES string of the molecule is Cc1ccsc1CNCc1ccc(S(N)(=O)=O)o1. The predicted molar refractivity (Wildman–Crippen MR) is 69.7 cm³/mol. The molecule has 2 rings (SSSR count). The molecule has 0 spiro atoms. The monoisotopic (exact) mass is 286 g/mol. The van der Waals surface area contributed by atoms with E-state index in [1.54, 1.807) is 17.4 Å². The first-order chi connectivity index (χ1) is 8.47. The van der Waals surface area contributed by atoms with Gasteiger partial charge in [0, 0.05) is 11.4 Å². The number of thiophene rings is 1. The van der Waals surface area contributed by atoms with Crippen molar-refractivity contribution < 1.29 is 12.8 Å². The number of nitrogens with one attached hydrogen (secondary N) is 1. The maximum atomic E-state index is 11.0. The Bertz CT molecular complexity index is 628. The van der Waals surface area contributed by atoms with Gasteiger partial charge in [0.05, 0.1) is 6.54 Å². The molecule has 0 atom stereocenters. The molecule has 0 aliphatic rings. The van der Waals surface area contributed by atoms with Crippen molar-refractivity contribution in [3.63, 3.8) is 0 Å². The van der Waals surface area contributed by atoms with Gasteiger partial charge in [-0.2, -0.15) is 0 Å². The zero-order valence-electron chi connectivity index (χ0n) is 9.84. The lowest BCUT2D eigenvalue weighted by Crippen LogP contribution is -2.12. The Labute approximate surface area is 110 Å². The highest BCUT2D eigenvalue weighted by atomic mass is 32.2. The Morgan fingerprint density at radius 3 is 2.67 bits per heavy atom. The van der Waals surface area contributed by atoms with Gasteiger partial charge in [-0.05, 0) is 36.1 Å². The Morgan fingerprint density at radius 2 is 2.11 bits per heavy atom. The highest BCUT2D eigenvalue weighted by Crippen LogP contribution is 2.16. The van der Waals surface area contributed by atoms with Crippen molar-refractivity contribution in [2.24, 2.45) is 5.14 Å². The quantitative estimate of drug-likeness (QED) is 0.874. The molecule has 0 fully saturated rings. The Morgan fingerprint density at radius 1 is 1.33 bits per heavy atom. The van der Waals surface area contributed by atoms with Crippen molar-refractivity contribution in [1.29, 1.82) is 0 Å². The molecule has 7 heteroatoms. The van der Waals surface area contributed by atoms with E-state index >= 15 is 0 Å². The second-order valence-corrected chi connectivity index (χ2v) is 6.39. The van der Waals surface area contributed by atoms with Crippen molar-refractivity contribution in [2.45, 2.75) is 25.1 Å². The van der Waals surface area contributed by atoms with Crippen LogP contribution in [-0.2, 0) is 23.1 Å². The third kappa shape index (κ3) is 3.20. The molecule has 2 aromatic heterocycles. The smallest absolute Gasteiger partial charge is 0.271 e. The van der Waals surface area contributed by atoms with Crippen LogP contribution >= 0.6 is 11.3 Å². The van der Waals surface area contributed by atoms with Gasteiger partial charge in [0.1, 0.15) is 5.76 Å². The van der Waals surface area contributed by atoms with Gasteiger partial charge >= 0.3 is 0 Å².